The fourth-order valence-corrected chi connectivity index (χ4v) is 6.69. The Kier molecular flexibility index (Phi) is 10.5. The maximum atomic E-state index is 14.3. The summed E-state index contributed by atoms with van der Waals surface area (Å²) in [5.41, 5.74) is 5.29. The van der Waals surface area contributed by atoms with Gasteiger partial charge in [-0.2, -0.15) is 10.1 Å². The number of hydrogen-bond donors (Lipinski definition) is 2. The van der Waals surface area contributed by atoms with E-state index in [1.54, 1.807) is 0 Å². The van der Waals surface area contributed by atoms with Crippen LogP contribution in [0.5, 0.6) is 0 Å². The van der Waals surface area contributed by atoms with Crippen molar-refractivity contribution in [3.63, 3.8) is 0 Å². The van der Waals surface area contributed by atoms with Crippen LogP contribution in [0.4, 0.5) is 0 Å². The average Bonchev–Trinajstić information content (AvgIpc) is 3.66. The summed E-state index contributed by atoms with van der Waals surface area (Å²) in [6, 6.07) is 15.8. The van der Waals surface area contributed by atoms with Gasteiger partial charge in [-0.1, -0.05) is 67.0 Å². The maximum absolute atomic E-state index is 14.3. The molecule has 12 heteroatoms. The predicted molar refractivity (Wildman–Crippen MR) is 175 cm³/mol. The number of aliphatic hydroxyl groups is 1. The second kappa shape index (κ2) is 14.6. The molecular formula is C34H39KN6O5. The van der Waals surface area contributed by atoms with Crippen molar-refractivity contribution in [1.29, 1.82) is 0 Å². The minimum absolute atomic E-state index is 0. The fraction of sp³-hybridized carbons (Fsp3) is 0.441. The van der Waals surface area contributed by atoms with Gasteiger partial charge in [-0.15, -0.1) is 0 Å². The van der Waals surface area contributed by atoms with Crippen molar-refractivity contribution in [3.05, 3.63) is 92.6 Å². The summed E-state index contributed by atoms with van der Waals surface area (Å²) in [5, 5.41) is 18.7. The first-order chi connectivity index (χ1) is 22.0. The van der Waals surface area contributed by atoms with Gasteiger partial charge in [-0.05, 0) is 67.6 Å². The molecule has 0 saturated heterocycles. The van der Waals surface area contributed by atoms with Gasteiger partial charge < -0.3 is 9.84 Å². The molecule has 46 heavy (non-hydrogen) atoms. The first kappa shape index (κ1) is 33.2. The zero-order chi connectivity index (χ0) is 30.9. The number of rotatable bonds is 11. The second-order valence-electron chi connectivity index (χ2n) is 12.4. The molecule has 2 N–H and O–H groups in total. The third-order valence-electron chi connectivity index (χ3n) is 9.26. The van der Waals surface area contributed by atoms with Crippen molar-refractivity contribution < 1.29 is 14.4 Å². The van der Waals surface area contributed by atoms with Crippen LogP contribution < -0.4 is 11.3 Å². The summed E-state index contributed by atoms with van der Waals surface area (Å²) < 4.78 is 14.5. The summed E-state index contributed by atoms with van der Waals surface area (Å²) in [6.07, 6.45) is 8.83. The number of aromatic amines is 1. The van der Waals surface area contributed by atoms with E-state index in [1.807, 2.05) is 57.6 Å². The SMILES string of the molecule is CCCc1c(Cc2ccc(-c3ccccc3-c3noc(=O)[nH]3)cc2)c(=O)n(C2CCC(OCC(O)C3CC3)CC2)c2ncnn12.[KH]. The van der Waals surface area contributed by atoms with Crippen molar-refractivity contribution in [2.45, 2.75) is 83.0 Å². The minimum atomic E-state index is -0.599. The van der Waals surface area contributed by atoms with Gasteiger partial charge in [0.25, 0.3) is 5.56 Å². The van der Waals surface area contributed by atoms with Crippen molar-refractivity contribution in [3.8, 4) is 22.5 Å². The summed E-state index contributed by atoms with van der Waals surface area (Å²) in [4.78, 5) is 33.1. The molecule has 236 valence electrons. The number of aryl methyl sites for hydroxylation is 1. The summed E-state index contributed by atoms with van der Waals surface area (Å²) in [7, 11) is 0. The Bertz CT molecular complexity index is 1900. The van der Waals surface area contributed by atoms with Crippen LogP contribution in [0.3, 0.4) is 0 Å². The van der Waals surface area contributed by atoms with E-state index >= 15 is 0 Å². The molecule has 1 unspecified atom stereocenters. The van der Waals surface area contributed by atoms with Gasteiger partial charge in [0.2, 0.25) is 5.78 Å². The van der Waals surface area contributed by atoms with Gasteiger partial charge in [-0.3, -0.25) is 18.9 Å². The topological polar surface area (TPSA) is 141 Å². The molecule has 0 aliphatic heterocycles. The number of fused-ring (bicyclic) bond motifs is 1. The van der Waals surface area contributed by atoms with E-state index in [0.29, 0.717) is 30.5 Å². The van der Waals surface area contributed by atoms with Crippen LogP contribution in [0.15, 0.2) is 69.0 Å². The molecule has 2 saturated carbocycles. The van der Waals surface area contributed by atoms with E-state index in [0.717, 1.165) is 84.9 Å². The molecule has 2 aromatic carbocycles. The Labute approximate surface area is 308 Å². The van der Waals surface area contributed by atoms with Crippen molar-refractivity contribution in [2.24, 2.45) is 5.92 Å². The van der Waals surface area contributed by atoms with Gasteiger partial charge in [0, 0.05) is 23.6 Å². The fourth-order valence-electron chi connectivity index (χ4n) is 6.69. The van der Waals surface area contributed by atoms with Gasteiger partial charge in [-0.25, -0.2) is 9.31 Å². The van der Waals surface area contributed by atoms with Crippen LogP contribution in [0.1, 0.15) is 74.7 Å². The Hall–Kier alpha value is -2.71. The van der Waals surface area contributed by atoms with Gasteiger partial charge >= 0.3 is 57.1 Å². The van der Waals surface area contributed by atoms with Crippen LogP contribution in [-0.2, 0) is 17.6 Å². The van der Waals surface area contributed by atoms with Gasteiger partial charge in [0.1, 0.15) is 6.33 Å². The Morgan fingerprint density at radius 3 is 2.43 bits per heavy atom. The number of H-pyrrole nitrogens is 1. The molecule has 7 rings (SSSR count). The number of nitrogens with one attached hydrogen (secondary N) is 1. The molecule has 0 amide bonds. The molecule has 0 spiro atoms. The number of ether oxygens (including phenoxy) is 1. The summed E-state index contributed by atoms with van der Waals surface area (Å²) >= 11 is 0. The molecule has 0 bridgehead atoms. The Morgan fingerprint density at radius 1 is 1.02 bits per heavy atom. The second-order valence-corrected chi connectivity index (χ2v) is 12.4. The van der Waals surface area contributed by atoms with Crippen LogP contribution in [0.2, 0.25) is 0 Å². The molecule has 11 nitrogen and oxygen atoms in total. The first-order valence-electron chi connectivity index (χ1n) is 16.0. The summed E-state index contributed by atoms with van der Waals surface area (Å²) in [5.74, 6) is 0.776. The van der Waals surface area contributed by atoms with E-state index in [4.69, 9.17) is 9.26 Å². The Morgan fingerprint density at radius 2 is 1.76 bits per heavy atom. The van der Waals surface area contributed by atoms with Crippen molar-refractivity contribution >= 4 is 57.2 Å². The van der Waals surface area contributed by atoms with Gasteiger partial charge in [0.05, 0.1) is 24.5 Å². The molecule has 2 aliphatic carbocycles. The zero-order valence-corrected chi connectivity index (χ0v) is 25.4. The molecule has 3 aromatic heterocycles. The third kappa shape index (κ3) is 6.94. The average molecular weight is 651 g/mol. The van der Waals surface area contributed by atoms with E-state index in [9.17, 15) is 14.7 Å². The predicted octanol–water partition coefficient (Wildman–Crippen LogP) is 4.07. The third-order valence-corrected chi connectivity index (χ3v) is 9.26. The normalized spacial score (nSPS) is 18.8. The number of nitrogens with zero attached hydrogens (tertiary/aromatic N) is 5. The molecule has 5 aromatic rings. The van der Waals surface area contributed by atoms with Crippen LogP contribution >= 0.6 is 0 Å². The molecule has 2 aliphatic rings. The van der Waals surface area contributed by atoms with E-state index in [1.165, 1.54) is 6.33 Å². The van der Waals surface area contributed by atoms with Gasteiger partial charge in [0.15, 0.2) is 5.82 Å². The molecule has 2 fully saturated rings. The molecule has 0 radical (unpaired) electrons. The zero-order valence-electron chi connectivity index (χ0n) is 25.4. The number of aromatic nitrogens is 6. The molecule has 1 atom stereocenters. The van der Waals surface area contributed by atoms with Crippen LogP contribution in [0.25, 0.3) is 28.3 Å². The molecular weight excluding hydrogens is 612 g/mol. The Balaban J connectivity index is 0.00000372. The standard InChI is InChI=1S/C34H38N6O5.K.H/c1-2-5-29-28(18-21-8-10-22(11-9-21)26-6-3-4-7-27(26)31-37-34(43)45-38-31)32(42)39(33-35-20-36-40(29)33)24-14-16-25(17-15-24)44-19-30(41)23-12-13-23;;/h3-4,6-11,20,23-25,30,41H,2,5,12-19H2,1H3,(H,37,38,43);;. The number of aliphatic hydroxyl groups excluding tert-OH is 1. The number of hydrogen-bond acceptors (Lipinski definition) is 8. The first-order valence-corrected chi connectivity index (χ1v) is 16.0. The van der Waals surface area contributed by atoms with E-state index in [-0.39, 0.29) is 75.2 Å². The van der Waals surface area contributed by atoms with Crippen LogP contribution in [0, 0.1) is 5.92 Å². The van der Waals surface area contributed by atoms with Crippen LogP contribution in [-0.4, -0.2) is 105 Å². The van der Waals surface area contributed by atoms with Crippen molar-refractivity contribution in [1.82, 2.24) is 29.3 Å². The number of benzene rings is 2. The summed E-state index contributed by atoms with van der Waals surface area (Å²) in [6.45, 7) is 2.50. The van der Waals surface area contributed by atoms with E-state index in [2.05, 4.69) is 27.1 Å². The van der Waals surface area contributed by atoms with Crippen molar-refractivity contribution in [2.75, 3.05) is 6.61 Å². The van der Waals surface area contributed by atoms with E-state index < -0.39 is 5.76 Å². The molecule has 3 heterocycles. The monoisotopic (exact) mass is 650 g/mol. The quantitative estimate of drug-likeness (QED) is 0.204.